The van der Waals surface area contributed by atoms with Gasteiger partial charge in [0.25, 0.3) is 0 Å². The van der Waals surface area contributed by atoms with Crippen molar-refractivity contribution >= 4 is 23.0 Å². The van der Waals surface area contributed by atoms with Gasteiger partial charge < -0.3 is 10.7 Å². The molecule has 0 fully saturated rings. The summed E-state index contributed by atoms with van der Waals surface area (Å²) < 4.78 is 0. The molecule has 5 nitrogen and oxygen atoms in total. The normalized spacial score (nSPS) is 10.3. The van der Waals surface area contributed by atoms with Gasteiger partial charge in [0.1, 0.15) is 11.6 Å². The Balaban J connectivity index is 1.86. The molecule has 0 amide bonds. The van der Waals surface area contributed by atoms with Gasteiger partial charge in [-0.15, -0.1) is 0 Å². The fraction of sp³-hybridized carbons (Fsp3) is 0.0667. The van der Waals surface area contributed by atoms with Crippen molar-refractivity contribution in [2.24, 2.45) is 5.84 Å². The molecule has 3 aromatic rings. The van der Waals surface area contributed by atoms with Gasteiger partial charge in [-0.3, -0.25) is 0 Å². The van der Waals surface area contributed by atoms with E-state index in [1.165, 1.54) is 5.56 Å². The number of anilines is 2. The lowest BCUT2D eigenvalue weighted by molar-refractivity contribution is 1.08. The lowest BCUT2D eigenvalue weighted by Crippen LogP contribution is -2.11. The number of nitrogens with two attached hydrogens (primary N) is 1. The van der Waals surface area contributed by atoms with Crippen molar-refractivity contribution in [2.45, 2.75) is 6.54 Å². The van der Waals surface area contributed by atoms with E-state index in [0.717, 1.165) is 17.9 Å². The highest BCUT2D eigenvalue weighted by molar-refractivity contribution is 7.07. The summed E-state index contributed by atoms with van der Waals surface area (Å²) in [5.41, 5.74) is 4.76. The quantitative estimate of drug-likeness (QED) is 0.498. The van der Waals surface area contributed by atoms with Crippen LogP contribution in [0.5, 0.6) is 0 Å². The highest BCUT2D eigenvalue weighted by atomic mass is 32.1. The molecule has 0 aliphatic carbocycles. The minimum absolute atomic E-state index is 0.580. The Kier molecular flexibility index (Phi) is 4.09. The van der Waals surface area contributed by atoms with E-state index in [9.17, 15) is 0 Å². The monoisotopic (exact) mass is 297 g/mol. The van der Waals surface area contributed by atoms with Crippen molar-refractivity contribution in [3.63, 3.8) is 0 Å². The summed E-state index contributed by atoms with van der Waals surface area (Å²) in [6, 6.07) is 13.7. The zero-order valence-corrected chi connectivity index (χ0v) is 12.1. The van der Waals surface area contributed by atoms with Gasteiger partial charge in [0.15, 0.2) is 5.82 Å². The van der Waals surface area contributed by atoms with Crippen LogP contribution in [-0.2, 0) is 6.54 Å². The molecule has 0 saturated heterocycles. The number of rotatable bonds is 5. The molecule has 0 radical (unpaired) electrons. The minimum atomic E-state index is 0.580. The van der Waals surface area contributed by atoms with Crippen LogP contribution in [-0.4, -0.2) is 9.97 Å². The van der Waals surface area contributed by atoms with Gasteiger partial charge in [-0.05, 0) is 22.4 Å². The first-order chi connectivity index (χ1) is 10.3. The van der Waals surface area contributed by atoms with Crippen molar-refractivity contribution < 1.29 is 0 Å². The summed E-state index contributed by atoms with van der Waals surface area (Å²) >= 11 is 1.68. The predicted molar refractivity (Wildman–Crippen MR) is 86.9 cm³/mol. The molecule has 0 aliphatic rings. The summed E-state index contributed by atoms with van der Waals surface area (Å²) in [6.45, 7) is 0.721. The number of hydrazine groups is 1. The van der Waals surface area contributed by atoms with Crippen LogP contribution >= 0.6 is 11.3 Å². The van der Waals surface area contributed by atoms with E-state index in [-0.39, 0.29) is 0 Å². The Morgan fingerprint density at radius 1 is 1.05 bits per heavy atom. The third-order valence-electron chi connectivity index (χ3n) is 2.96. The standard InChI is InChI=1S/C15H15N5S/c16-20-14-8-13(17-9-11-6-7-21-10-11)18-15(19-14)12-4-2-1-3-5-12/h1-8,10H,9,16H2,(H2,17,18,19,20). The molecule has 1 aromatic carbocycles. The van der Waals surface area contributed by atoms with Crippen LogP contribution in [0.15, 0.2) is 53.2 Å². The molecule has 0 atom stereocenters. The van der Waals surface area contributed by atoms with Crippen molar-refractivity contribution in [3.8, 4) is 11.4 Å². The Morgan fingerprint density at radius 2 is 1.86 bits per heavy atom. The molecule has 4 N–H and O–H groups in total. The molecular formula is C15H15N5S. The van der Waals surface area contributed by atoms with Crippen LogP contribution in [0.4, 0.5) is 11.6 Å². The van der Waals surface area contributed by atoms with Gasteiger partial charge in [-0.1, -0.05) is 30.3 Å². The number of nitrogens with zero attached hydrogens (tertiary/aromatic N) is 2. The van der Waals surface area contributed by atoms with Crippen LogP contribution < -0.4 is 16.6 Å². The lowest BCUT2D eigenvalue weighted by Gasteiger charge is -2.09. The van der Waals surface area contributed by atoms with Crippen LogP contribution in [0.2, 0.25) is 0 Å². The zero-order chi connectivity index (χ0) is 14.5. The maximum Gasteiger partial charge on any atom is 0.163 e. The number of benzene rings is 1. The van der Waals surface area contributed by atoms with Crippen LogP contribution in [0.25, 0.3) is 11.4 Å². The van der Waals surface area contributed by atoms with Crippen molar-refractivity contribution in [1.82, 2.24) is 9.97 Å². The number of thiophene rings is 1. The van der Waals surface area contributed by atoms with Gasteiger partial charge in [0.05, 0.1) is 0 Å². The Hall–Kier alpha value is -2.44. The first-order valence-corrected chi connectivity index (χ1v) is 7.45. The van der Waals surface area contributed by atoms with Gasteiger partial charge in [0.2, 0.25) is 0 Å². The summed E-state index contributed by atoms with van der Waals surface area (Å²) in [6.07, 6.45) is 0. The average molecular weight is 297 g/mol. The van der Waals surface area contributed by atoms with E-state index < -0.39 is 0 Å². The van der Waals surface area contributed by atoms with E-state index in [1.807, 2.05) is 30.3 Å². The largest absolute Gasteiger partial charge is 0.366 e. The van der Waals surface area contributed by atoms with E-state index in [1.54, 1.807) is 17.4 Å². The first-order valence-electron chi connectivity index (χ1n) is 6.51. The molecule has 0 bridgehead atoms. The van der Waals surface area contributed by atoms with Crippen LogP contribution in [0.3, 0.4) is 0 Å². The summed E-state index contributed by atoms with van der Waals surface area (Å²) in [5, 5.41) is 7.45. The lowest BCUT2D eigenvalue weighted by atomic mass is 10.2. The SMILES string of the molecule is NNc1cc(NCc2ccsc2)nc(-c2ccccc2)n1. The number of hydrogen-bond acceptors (Lipinski definition) is 6. The Morgan fingerprint density at radius 3 is 2.57 bits per heavy atom. The number of hydrogen-bond donors (Lipinski definition) is 3. The van der Waals surface area contributed by atoms with Gasteiger partial charge in [0, 0.05) is 18.2 Å². The Labute approximate surface area is 126 Å². The highest BCUT2D eigenvalue weighted by Crippen LogP contribution is 2.20. The second-order valence-electron chi connectivity index (χ2n) is 4.46. The fourth-order valence-corrected chi connectivity index (χ4v) is 2.58. The molecule has 0 saturated carbocycles. The fourth-order valence-electron chi connectivity index (χ4n) is 1.91. The summed E-state index contributed by atoms with van der Waals surface area (Å²) in [7, 11) is 0. The van der Waals surface area contributed by atoms with Crippen molar-refractivity contribution in [2.75, 3.05) is 10.7 Å². The van der Waals surface area contributed by atoms with Gasteiger partial charge in [-0.2, -0.15) is 11.3 Å². The number of nitrogens with one attached hydrogen (secondary N) is 2. The maximum absolute atomic E-state index is 5.49. The second kappa shape index (κ2) is 6.34. The molecule has 0 spiro atoms. The molecule has 2 aromatic heterocycles. The smallest absolute Gasteiger partial charge is 0.163 e. The molecule has 21 heavy (non-hydrogen) atoms. The van der Waals surface area contributed by atoms with Crippen molar-refractivity contribution in [1.29, 1.82) is 0 Å². The third-order valence-corrected chi connectivity index (χ3v) is 3.69. The van der Waals surface area contributed by atoms with Gasteiger partial charge >= 0.3 is 0 Å². The molecule has 3 rings (SSSR count). The predicted octanol–water partition coefficient (Wildman–Crippen LogP) is 3.10. The molecule has 106 valence electrons. The number of aromatic nitrogens is 2. The average Bonchev–Trinajstić information content (AvgIpc) is 3.07. The zero-order valence-electron chi connectivity index (χ0n) is 11.3. The van der Waals surface area contributed by atoms with E-state index in [2.05, 4.69) is 37.5 Å². The van der Waals surface area contributed by atoms with E-state index >= 15 is 0 Å². The molecule has 6 heteroatoms. The van der Waals surface area contributed by atoms with E-state index in [0.29, 0.717) is 11.6 Å². The molecule has 2 heterocycles. The Bertz CT molecular complexity index is 697. The first kappa shape index (κ1) is 13.5. The second-order valence-corrected chi connectivity index (χ2v) is 5.24. The number of nitrogen functional groups attached to an aromatic ring is 1. The topological polar surface area (TPSA) is 75.9 Å². The van der Waals surface area contributed by atoms with Crippen LogP contribution in [0, 0.1) is 0 Å². The maximum atomic E-state index is 5.49. The van der Waals surface area contributed by atoms with Crippen molar-refractivity contribution in [3.05, 3.63) is 58.8 Å². The third kappa shape index (κ3) is 3.36. The highest BCUT2D eigenvalue weighted by Gasteiger charge is 2.06. The molecular weight excluding hydrogens is 282 g/mol. The van der Waals surface area contributed by atoms with E-state index in [4.69, 9.17) is 5.84 Å². The summed E-state index contributed by atoms with van der Waals surface area (Å²) in [5.74, 6) is 7.45. The summed E-state index contributed by atoms with van der Waals surface area (Å²) in [4.78, 5) is 8.92. The van der Waals surface area contributed by atoms with Crippen LogP contribution in [0.1, 0.15) is 5.56 Å². The molecule has 0 unspecified atom stereocenters. The van der Waals surface area contributed by atoms with Gasteiger partial charge in [-0.25, -0.2) is 15.8 Å². The molecule has 0 aliphatic heterocycles. The minimum Gasteiger partial charge on any atom is -0.366 e.